The maximum atomic E-state index is 12.9. The molecule has 0 saturated carbocycles. The molecule has 6 heteroatoms. The van der Waals surface area contributed by atoms with Gasteiger partial charge in [-0.1, -0.05) is 262 Å². The van der Waals surface area contributed by atoms with Crippen molar-refractivity contribution in [3.63, 3.8) is 0 Å². The quantitative estimate of drug-likeness (QED) is 0.0199. The van der Waals surface area contributed by atoms with Crippen LogP contribution in [0.3, 0.4) is 0 Å². The van der Waals surface area contributed by atoms with E-state index in [2.05, 4.69) is 69.4 Å². The van der Waals surface area contributed by atoms with Gasteiger partial charge in [-0.05, 0) is 70.6 Å². The largest absolute Gasteiger partial charge is 0.462 e. The molecule has 0 heterocycles. The summed E-state index contributed by atoms with van der Waals surface area (Å²) in [5, 5.41) is 0. The lowest BCUT2D eigenvalue weighted by molar-refractivity contribution is -0.167. The summed E-state index contributed by atoms with van der Waals surface area (Å²) >= 11 is 0. The number of rotatable bonds is 53. The van der Waals surface area contributed by atoms with Crippen LogP contribution < -0.4 is 0 Å². The van der Waals surface area contributed by atoms with Crippen molar-refractivity contribution in [2.24, 2.45) is 0 Å². The number of carbonyl (C=O) groups excluding carboxylic acids is 3. The zero-order chi connectivity index (χ0) is 48.6. The summed E-state index contributed by atoms with van der Waals surface area (Å²) in [5.41, 5.74) is 0. The highest BCUT2D eigenvalue weighted by Gasteiger charge is 2.19. The zero-order valence-electron chi connectivity index (χ0n) is 44.7. The van der Waals surface area contributed by atoms with Gasteiger partial charge in [0.25, 0.3) is 0 Å². The van der Waals surface area contributed by atoms with E-state index in [-0.39, 0.29) is 31.1 Å². The lowest BCUT2D eigenvalue weighted by Crippen LogP contribution is -2.30. The van der Waals surface area contributed by atoms with Crippen LogP contribution in [0.5, 0.6) is 0 Å². The van der Waals surface area contributed by atoms with E-state index in [9.17, 15) is 14.4 Å². The van der Waals surface area contributed by atoms with Crippen molar-refractivity contribution in [3.8, 4) is 0 Å². The summed E-state index contributed by atoms with van der Waals surface area (Å²) in [7, 11) is 0. The highest BCUT2D eigenvalue weighted by molar-refractivity contribution is 5.71. The first kappa shape index (κ1) is 64.4. The Balaban J connectivity index is 4.40. The summed E-state index contributed by atoms with van der Waals surface area (Å²) in [6, 6.07) is 0. The van der Waals surface area contributed by atoms with Crippen molar-refractivity contribution < 1.29 is 28.6 Å². The number of unbranched alkanes of at least 4 members (excludes halogenated alkanes) is 36. The van der Waals surface area contributed by atoms with Gasteiger partial charge < -0.3 is 14.2 Å². The fourth-order valence-corrected chi connectivity index (χ4v) is 8.44. The average Bonchev–Trinajstić information content (AvgIpc) is 3.33. The summed E-state index contributed by atoms with van der Waals surface area (Å²) in [5.74, 6) is -0.888. The van der Waals surface area contributed by atoms with Gasteiger partial charge in [-0.2, -0.15) is 0 Å². The minimum atomic E-state index is -0.782. The Labute approximate surface area is 416 Å². The first-order chi connectivity index (χ1) is 33.0. The van der Waals surface area contributed by atoms with Crippen LogP contribution in [0.25, 0.3) is 0 Å². The zero-order valence-corrected chi connectivity index (χ0v) is 44.7. The average molecular weight is 940 g/mol. The van der Waals surface area contributed by atoms with Crippen LogP contribution in [0.1, 0.15) is 303 Å². The van der Waals surface area contributed by atoms with Crippen LogP contribution in [-0.2, 0) is 28.6 Å². The number of allylic oxidation sites excluding steroid dienone is 8. The number of carbonyl (C=O) groups is 3. The van der Waals surface area contributed by atoms with Crippen LogP contribution in [0.15, 0.2) is 48.6 Å². The maximum absolute atomic E-state index is 12.9. The van der Waals surface area contributed by atoms with E-state index in [0.29, 0.717) is 19.3 Å². The molecule has 0 aliphatic carbocycles. The fourth-order valence-electron chi connectivity index (χ4n) is 8.44. The minimum absolute atomic E-state index is 0.0785. The first-order valence-corrected chi connectivity index (χ1v) is 29.2. The summed E-state index contributed by atoms with van der Waals surface area (Å²) in [6.07, 6.45) is 68.1. The molecule has 6 nitrogen and oxygen atoms in total. The summed E-state index contributed by atoms with van der Waals surface area (Å²) < 4.78 is 16.9. The Morgan fingerprint density at radius 3 is 0.866 bits per heavy atom. The van der Waals surface area contributed by atoms with Gasteiger partial charge in [-0.25, -0.2) is 0 Å². The molecule has 0 aliphatic rings. The van der Waals surface area contributed by atoms with Crippen molar-refractivity contribution in [1.29, 1.82) is 0 Å². The van der Waals surface area contributed by atoms with E-state index in [4.69, 9.17) is 14.2 Å². The van der Waals surface area contributed by atoms with Crippen LogP contribution in [-0.4, -0.2) is 37.2 Å². The Bertz CT molecular complexity index is 1170. The third-order valence-corrected chi connectivity index (χ3v) is 12.9. The molecule has 0 amide bonds. The normalized spacial score (nSPS) is 12.3. The molecular formula is C61H110O6. The summed E-state index contributed by atoms with van der Waals surface area (Å²) in [6.45, 7) is 6.63. The second-order valence-electron chi connectivity index (χ2n) is 19.6. The molecule has 0 aromatic rings. The van der Waals surface area contributed by atoms with E-state index < -0.39 is 6.10 Å². The second-order valence-corrected chi connectivity index (χ2v) is 19.6. The lowest BCUT2D eigenvalue weighted by Gasteiger charge is -2.18. The molecule has 0 rings (SSSR count). The molecule has 0 N–H and O–H groups in total. The Hall–Kier alpha value is -2.63. The van der Waals surface area contributed by atoms with Gasteiger partial charge in [0.1, 0.15) is 13.2 Å². The van der Waals surface area contributed by atoms with Gasteiger partial charge in [0.05, 0.1) is 0 Å². The van der Waals surface area contributed by atoms with E-state index in [1.807, 2.05) is 0 Å². The van der Waals surface area contributed by atoms with Crippen molar-refractivity contribution in [2.45, 2.75) is 309 Å². The van der Waals surface area contributed by atoms with Crippen LogP contribution >= 0.6 is 0 Å². The lowest BCUT2D eigenvalue weighted by atomic mass is 10.0. The monoisotopic (exact) mass is 939 g/mol. The number of hydrogen-bond donors (Lipinski definition) is 0. The Kier molecular flexibility index (Phi) is 53.8. The second kappa shape index (κ2) is 56.0. The van der Waals surface area contributed by atoms with Crippen LogP contribution in [0.2, 0.25) is 0 Å². The van der Waals surface area contributed by atoms with Crippen molar-refractivity contribution in [3.05, 3.63) is 48.6 Å². The molecular weight excluding hydrogens is 829 g/mol. The number of ether oxygens (including phenoxy) is 3. The third kappa shape index (κ3) is 54.2. The smallest absolute Gasteiger partial charge is 0.306 e. The van der Waals surface area contributed by atoms with E-state index in [1.54, 1.807) is 0 Å². The molecule has 0 fully saturated rings. The predicted molar refractivity (Wildman–Crippen MR) is 289 cm³/mol. The van der Waals surface area contributed by atoms with Crippen molar-refractivity contribution in [2.75, 3.05) is 13.2 Å². The highest BCUT2D eigenvalue weighted by Crippen LogP contribution is 2.16. The molecule has 67 heavy (non-hydrogen) atoms. The van der Waals surface area contributed by atoms with Gasteiger partial charge >= 0.3 is 17.9 Å². The standard InChI is InChI=1S/C61H110O6/c1-4-7-10-13-16-19-22-25-28-30-32-33-36-39-42-45-48-51-54-60(63)66-57-58(56-65-59(62)53-50-47-44-41-38-35-27-24-21-18-15-12-9-6-3)67-61(64)55-52-49-46-43-40-37-34-31-29-26-23-20-17-14-11-8-5-2/h22,25-26,28-30,32-33,58H,4-21,23-24,27,31,34-57H2,1-3H3/b25-22-,29-26-,30-28-,33-32-. The van der Waals surface area contributed by atoms with Crippen LogP contribution in [0, 0.1) is 0 Å². The van der Waals surface area contributed by atoms with Gasteiger partial charge in [0, 0.05) is 19.3 Å². The van der Waals surface area contributed by atoms with Crippen molar-refractivity contribution >= 4 is 17.9 Å². The van der Waals surface area contributed by atoms with E-state index in [0.717, 1.165) is 77.0 Å². The van der Waals surface area contributed by atoms with Crippen molar-refractivity contribution in [1.82, 2.24) is 0 Å². The third-order valence-electron chi connectivity index (χ3n) is 12.9. The molecule has 1 atom stereocenters. The molecule has 0 aliphatic heterocycles. The van der Waals surface area contributed by atoms with E-state index in [1.165, 1.54) is 186 Å². The summed E-state index contributed by atoms with van der Waals surface area (Å²) in [4.78, 5) is 38.2. The Morgan fingerprint density at radius 1 is 0.299 bits per heavy atom. The Morgan fingerprint density at radius 2 is 0.552 bits per heavy atom. The molecule has 0 saturated heterocycles. The minimum Gasteiger partial charge on any atom is -0.462 e. The topological polar surface area (TPSA) is 78.9 Å². The molecule has 390 valence electrons. The van der Waals surface area contributed by atoms with E-state index >= 15 is 0 Å². The van der Waals surface area contributed by atoms with Gasteiger partial charge in [0.15, 0.2) is 6.10 Å². The van der Waals surface area contributed by atoms with Gasteiger partial charge in [-0.15, -0.1) is 0 Å². The predicted octanol–water partition coefficient (Wildman–Crippen LogP) is 19.4. The maximum Gasteiger partial charge on any atom is 0.306 e. The molecule has 0 radical (unpaired) electrons. The SMILES string of the molecule is CCCCCCC\C=C/C=C\C=C/CCCCCCCC(=O)OCC(COC(=O)CCCCCCCCCCCCCCCC)OC(=O)CCCCCCCCC/C=C\CCCCCCCC. The number of hydrogen-bond acceptors (Lipinski definition) is 6. The van der Waals surface area contributed by atoms with Crippen LogP contribution in [0.4, 0.5) is 0 Å². The molecule has 0 bridgehead atoms. The first-order valence-electron chi connectivity index (χ1n) is 29.2. The molecule has 0 spiro atoms. The molecule has 1 unspecified atom stereocenters. The molecule has 0 aromatic carbocycles. The molecule has 0 aromatic heterocycles. The van der Waals surface area contributed by atoms with Gasteiger partial charge in [0.2, 0.25) is 0 Å². The van der Waals surface area contributed by atoms with Gasteiger partial charge in [-0.3, -0.25) is 14.4 Å². The fraction of sp³-hybridized carbons (Fsp3) is 0.820. The highest BCUT2D eigenvalue weighted by atomic mass is 16.6. The number of esters is 3.